The molecule has 0 aliphatic carbocycles. The number of nitrogens with zero attached hydrogens (tertiary/aromatic N) is 1. The molecule has 0 saturated carbocycles. The van der Waals surface area contributed by atoms with Crippen molar-refractivity contribution >= 4 is 16.8 Å². The molecule has 3 aromatic rings. The molecule has 0 bridgehead atoms. The molecule has 1 amide bonds. The number of benzene rings is 2. The number of carbonyl (C=O) groups excluding carboxylic acids is 1. The van der Waals surface area contributed by atoms with Crippen molar-refractivity contribution in [2.24, 2.45) is 0 Å². The number of rotatable bonds is 5. The second-order valence-electron chi connectivity index (χ2n) is 6.17. The van der Waals surface area contributed by atoms with Gasteiger partial charge in [-0.25, -0.2) is 0 Å². The monoisotopic (exact) mass is 334 g/mol. The summed E-state index contributed by atoms with van der Waals surface area (Å²) in [5, 5.41) is 3.46. The van der Waals surface area contributed by atoms with Crippen LogP contribution in [0.5, 0.6) is 0 Å². The Morgan fingerprint density at radius 2 is 1.88 bits per heavy atom. The van der Waals surface area contributed by atoms with E-state index in [0.717, 1.165) is 23.1 Å². The summed E-state index contributed by atoms with van der Waals surface area (Å²) in [6, 6.07) is 15.7. The highest BCUT2D eigenvalue weighted by atomic mass is 16.2. The lowest BCUT2D eigenvalue weighted by Gasteiger charge is -2.12. The molecule has 0 aliphatic rings. The number of aromatic nitrogens is 1. The zero-order chi connectivity index (χ0) is 17.8. The molecule has 0 unspecified atom stereocenters. The molecule has 4 nitrogen and oxygen atoms in total. The molecule has 1 heterocycles. The number of nitrogens with one attached hydrogen (secondary N) is 1. The summed E-state index contributed by atoms with van der Waals surface area (Å²) in [6.45, 7) is 5.15. The van der Waals surface area contributed by atoms with Crippen LogP contribution in [0.4, 0.5) is 0 Å². The first-order valence-electron chi connectivity index (χ1n) is 8.56. The highest BCUT2D eigenvalue weighted by Gasteiger charge is 2.15. The second-order valence-corrected chi connectivity index (χ2v) is 6.17. The number of carbonyl (C=O) groups is 1. The van der Waals surface area contributed by atoms with Crippen LogP contribution < -0.4 is 10.7 Å². The van der Waals surface area contributed by atoms with Crippen LogP contribution in [-0.2, 0) is 13.0 Å². The maximum absolute atomic E-state index is 12.7. The molecule has 3 rings (SSSR count). The molecule has 1 aromatic heterocycles. The Kier molecular flexibility index (Phi) is 4.98. The Labute approximate surface area is 147 Å². The zero-order valence-electron chi connectivity index (χ0n) is 14.6. The Bertz CT molecular complexity index is 959. The normalized spacial score (nSPS) is 10.8. The molecule has 4 heteroatoms. The highest BCUT2D eigenvalue weighted by molar-refractivity contribution is 5.97. The van der Waals surface area contributed by atoms with Crippen LogP contribution in [0.1, 0.15) is 28.4 Å². The van der Waals surface area contributed by atoms with Crippen LogP contribution in [-0.4, -0.2) is 17.0 Å². The first-order chi connectivity index (χ1) is 12.1. The van der Waals surface area contributed by atoms with Gasteiger partial charge in [0, 0.05) is 24.7 Å². The third kappa shape index (κ3) is 3.63. The number of pyridine rings is 1. The fourth-order valence-electron chi connectivity index (χ4n) is 2.99. The van der Waals surface area contributed by atoms with E-state index in [2.05, 4.69) is 5.32 Å². The topological polar surface area (TPSA) is 51.1 Å². The standard InChI is InChI=1S/C21H22N2O2/c1-3-23-14-18(20(24)17-13-15(2)9-10-19(17)23)21(25)22-12-11-16-7-5-4-6-8-16/h4-10,13-14H,3,11-12H2,1-2H3,(H,22,25). The summed E-state index contributed by atoms with van der Waals surface area (Å²) >= 11 is 0. The van der Waals surface area contributed by atoms with Gasteiger partial charge in [-0.1, -0.05) is 42.0 Å². The first-order valence-corrected chi connectivity index (χ1v) is 8.56. The third-order valence-electron chi connectivity index (χ3n) is 4.36. The molecule has 0 atom stereocenters. The first kappa shape index (κ1) is 17.0. The largest absolute Gasteiger partial charge is 0.352 e. The van der Waals surface area contributed by atoms with Gasteiger partial charge < -0.3 is 9.88 Å². The van der Waals surface area contributed by atoms with Crippen molar-refractivity contribution in [3.8, 4) is 0 Å². The lowest BCUT2D eigenvalue weighted by molar-refractivity contribution is 0.0952. The lowest BCUT2D eigenvalue weighted by atomic mass is 10.1. The van der Waals surface area contributed by atoms with Gasteiger partial charge in [0.1, 0.15) is 5.56 Å². The third-order valence-corrected chi connectivity index (χ3v) is 4.36. The van der Waals surface area contributed by atoms with E-state index in [1.807, 2.05) is 66.9 Å². The van der Waals surface area contributed by atoms with Gasteiger partial charge in [-0.15, -0.1) is 0 Å². The highest BCUT2D eigenvalue weighted by Crippen LogP contribution is 2.14. The molecule has 0 aliphatic heterocycles. The smallest absolute Gasteiger partial charge is 0.256 e. The second kappa shape index (κ2) is 7.34. The molecule has 0 fully saturated rings. The molecule has 0 spiro atoms. The van der Waals surface area contributed by atoms with Crippen molar-refractivity contribution in [3.63, 3.8) is 0 Å². The summed E-state index contributed by atoms with van der Waals surface area (Å²) in [4.78, 5) is 25.3. The van der Waals surface area contributed by atoms with Crippen molar-refractivity contribution < 1.29 is 4.79 Å². The summed E-state index contributed by atoms with van der Waals surface area (Å²) in [6.07, 6.45) is 2.40. The van der Waals surface area contributed by atoms with Crippen molar-refractivity contribution in [2.45, 2.75) is 26.8 Å². The van der Waals surface area contributed by atoms with E-state index in [1.165, 1.54) is 0 Å². The number of hydrogen-bond acceptors (Lipinski definition) is 2. The average Bonchev–Trinajstić information content (AvgIpc) is 2.63. The Balaban J connectivity index is 1.86. The van der Waals surface area contributed by atoms with Crippen LogP contribution >= 0.6 is 0 Å². The number of fused-ring (bicyclic) bond motifs is 1. The minimum Gasteiger partial charge on any atom is -0.352 e. The van der Waals surface area contributed by atoms with Gasteiger partial charge >= 0.3 is 0 Å². The quantitative estimate of drug-likeness (QED) is 0.778. The fraction of sp³-hybridized carbons (Fsp3) is 0.238. The van der Waals surface area contributed by atoms with Gasteiger partial charge in [-0.3, -0.25) is 9.59 Å². The molecule has 25 heavy (non-hydrogen) atoms. The van der Waals surface area contributed by atoms with Crippen LogP contribution in [0.3, 0.4) is 0 Å². The van der Waals surface area contributed by atoms with Crippen LogP contribution in [0.15, 0.2) is 59.5 Å². The SMILES string of the molecule is CCn1cc(C(=O)NCCc2ccccc2)c(=O)c2cc(C)ccc21. The molecular weight excluding hydrogens is 312 g/mol. The molecule has 2 aromatic carbocycles. The Hall–Kier alpha value is -2.88. The summed E-state index contributed by atoms with van der Waals surface area (Å²) in [5.74, 6) is -0.313. The lowest BCUT2D eigenvalue weighted by Crippen LogP contribution is -2.31. The molecule has 0 saturated heterocycles. The molecule has 128 valence electrons. The summed E-state index contributed by atoms with van der Waals surface area (Å²) < 4.78 is 1.95. The van der Waals surface area contributed by atoms with Gasteiger partial charge in [0.15, 0.2) is 0 Å². The van der Waals surface area contributed by atoms with Gasteiger partial charge in [-0.2, -0.15) is 0 Å². The Morgan fingerprint density at radius 1 is 1.12 bits per heavy atom. The van der Waals surface area contributed by atoms with Crippen molar-refractivity contribution in [1.82, 2.24) is 9.88 Å². The average molecular weight is 334 g/mol. The molecule has 0 radical (unpaired) electrons. The summed E-state index contributed by atoms with van der Waals surface area (Å²) in [7, 11) is 0. The minimum absolute atomic E-state index is 0.202. The van der Waals surface area contributed by atoms with Gasteiger partial charge in [0.2, 0.25) is 5.43 Å². The van der Waals surface area contributed by atoms with E-state index >= 15 is 0 Å². The van der Waals surface area contributed by atoms with E-state index in [-0.39, 0.29) is 16.9 Å². The van der Waals surface area contributed by atoms with E-state index in [1.54, 1.807) is 6.20 Å². The maximum atomic E-state index is 12.7. The number of amides is 1. The van der Waals surface area contributed by atoms with E-state index in [0.29, 0.717) is 18.5 Å². The van der Waals surface area contributed by atoms with Crippen molar-refractivity contribution in [3.05, 3.63) is 81.6 Å². The molecule has 1 N–H and O–H groups in total. The predicted octanol–water partition coefficient (Wildman–Crippen LogP) is 3.30. The predicted molar refractivity (Wildman–Crippen MR) is 101 cm³/mol. The van der Waals surface area contributed by atoms with Crippen LogP contribution in [0, 0.1) is 6.92 Å². The van der Waals surface area contributed by atoms with Crippen molar-refractivity contribution in [1.29, 1.82) is 0 Å². The van der Waals surface area contributed by atoms with Crippen LogP contribution in [0.25, 0.3) is 10.9 Å². The number of aryl methyl sites for hydroxylation is 2. The van der Waals surface area contributed by atoms with E-state index < -0.39 is 0 Å². The van der Waals surface area contributed by atoms with Gasteiger partial charge in [0.05, 0.1) is 5.52 Å². The van der Waals surface area contributed by atoms with E-state index in [9.17, 15) is 9.59 Å². The minimum atomic E-state index is -0.313. The number of hydrogen-bond donors (Lipinski definition) is 1. The molecular formula is C21H22N2O2. The van der Waals surface area contributed by atoms with E-state index in [4.69, 9.17) is 0 Å². The zero-order valence-corrected chi connectivity index (χ0v) is 14.6. The maximum Gasteiger partial charge on any atom is 0.256 e. The van der Waals surface area contributed by atoms with Crippen molar-refractivity contribution in [2.75, 3.05) is 6.54 Å². The Morgan fingerprint density at radius 3 is 2.60 bits per heavy atom. The fourth-order valence-corrected chi connectivity index (χ4v) is 2.99. The van der Waals surface area contributed by atoms with Gasteiger partial charge in [0.25, 0.3) is 5.91 Å². The van der Waals surface area contributed by atoms with Crippen LogP contribution in [0.2, 0.25) is 0 Å². The summed E-state index contributed by atoms with van der Waals surface area (Å²) in [5.41, 5.74) is 3.02. The van der Waals surface area contributed by atoms with Gasteiger partial charge in [-0.05, 0) is 38.0 Å².